The Morgan fingerprint density at radius 2 is 1.85 bits per heavy atom. The van der Waals surface area contributed by atoms with E-state index in [4.69, 9.17) is 11.6 Å². The van der Waals surface area contributed by atoms with Crippen molar-refractivity contribution in [2.24, 2.45) is 0 Å². The molecule has 0 spiro atoms. The predicted molar refractivity (Wildman–Crippen MR) is 98.1 cm³/mol. The topological polar surface area (TPSA) is 110 Å². The van der Waals surface area contributed by atoms with Crippen LogP contribution in [0.1, 0.15) is 15.9 Å². The van der Waals surface area contributed by atoms with Gasteiger partial charge in [-0.2, -0.15) is 0 Å². The number of carbonyl (C=O) groups excluding carboxylic acids is 1. The number of rotatable bonds is 5. The van der Waals surface area contributed by atoms with E-state index in [1.807, 2.05) is 0 Å². The van der Waals surface area contributed by atoms with Gasteiger partial charge < -0.3 is 4.90 Å². The summed E-state index contributed by atoms with van der Waals surface area (Å²) >= 11 is 5.92. The van der Waals surface area contributed by atoms with Crippen LogP contribution in [-0.2, 0) is 10.0 Å². The summed E-state index contributed by atoms with van der Waals surface area (Å²) in [5.41, 5.74) is 0.0606. The van der Waals surface area contributed by atoms with Gasteiger partial charge in [0.1, 0.15) is 0 Å². The Bertz CT molecular complexity index is 989. The van der Waals surface area contributed by atoms with E-state index in [2.05, 4.69) is 4.72 Å². The van der Waals surface area contributed by atoms with Gasteiger partial charge in [0.25, 0.3) is 21.6 Å². The molecule has 138 valence electrons. The molecule has 0 unspecified atom stereocenters. The minimum Gasteiger partial charge on any atom is -0.345 e. The quantitative estimate of drug-likeness (QED) is 0.615. The zero-order valence-electron chi connectivity index (χ0n) is 14.2. The van der Waals surface area contributed by atoms with Gasteiger partial charge >= 0.3 is 0 Å². The maximum absolute atomic E-state index is 12.8. The smallest absolute Gasteiger partial charge is 0.270 e. The highest BCUT2D eigenvalue weighted by atomic mass is 35.5. The molecule has 8 nitrogen and oxygen atoms in total. The summed E-state index contributed by atoms with van der Waals surface area (Å²) < 4.78 is 27.8. The van der Waals surface area contributed by atoms with Gasteiger partial charge in [0.05, 0.1) is 21.1 Å². The second-order valence-corrected chi connectivity index (χ2v) is 7.79. The second-order valence-electron chi connectivity index (χ2n) is 5.70. The van der Waals surface area contributed by atoms with E-state index < -0.39 is 20.9 Å². The number of amides is 1. The zero-order valence-corrected chi connectivity index (χ0v) is 15.8. The van der Waals surface area contributed by atoms with Crippen molar-refractivity contribution in [3.63, 3.8) is 0 Å². The van der Waals surface area contributed by atoms with Crippen LogP contribution in [-0.4, -0.2) is 38.2 Å². The van der Waals surface area contributed by atoms with Crippen molar-refractivity contribution in [2.75, 3.05) is 18.8 Å². The van der Waals surface area contributed by atoms with Gasteiger partial charge in [0, 0.05) is 31.3 Å². The molecule has 0 heterocycles. The van der Waals surface area contributed by atoms with Crippen molar-refractivity contribution in [3.8, 4) is 0 Å². The molecule has 0 atom stereocenters. The Labute approximate surface area is 155 Å². The lowest BCUT2D eigenvalue weighted by atomic mass is 10.1. The Morgan fingerprint density at radius 1 is 1.19 bits per heavy atom. The standard InChI is InChI=1S/C16H16ClN3O5S/c1-10-4-6-12(20(22)23)9-15(10)26(24,25)18-14-8-11(17)5-7-13(14)16(21)19(2)3/h4-9,18H,1-3H3. The molecule has 2 rings (SSSR count). The molecule has 0 bridgehead atoms. The molecule has 2 aromatic rings. The summed E-state index contributed by atoms with van der Waals surface area (Å²) in [5.74, 6) is -0.421. The molecule has 0 aliphatic rings. The van der Waals surface area contributed by atoms with Gasteiger partial charge in [-0.05, 0) is 30.7 Å². The summed E-state index contributed by atoms with van der Waals surface area (Å²) in [4.78, 5) is 23.6. The van der Waals surface area contributed by atoms with E-state index in [0.29, 0.717) is 5.56 Å². The summed E-state index contributed by atoms with van der Waals surface area (Å²) in [6.45, 7) is 1.52. The van der Waals surface area contributed by atoms with Crippen LogP contribution in [0.15, 0.2) is 41.3 Å². The molecule has 0 fully saturated rings. The monoisotopic (exact) mass is 397 g/mol. The largest absolute Gasteiger partial charge is 0.345 e. The van der Waals surface area contributed by atoms with E-state index in [-0.39, 0.29) is 26.9 Å². The molecule has 2 aromatic carbocycles. The number of nitro groups is 1. The van der Waals surface area contributed by atoms with Crippen molar-refractivity contribution in [3.05, 3.63) is 62.7 Å². The Morgan fingerprint density at radius 3 is 2.42 bits per heavy atom. The van der Waals surface area contributed by atoms with Gasteiger partial charge in [-0.3, -0.25) is 19.6 Å². The third-order valence-electron chi connectivity index (χ3n) is 3.53. The molecule has 0 aliphatic heterocycles. The van der Waals surface area contributed by atoms with Crippen molar-refractivity contribution < 1.29 is 18.1 Å². The Balaban J connectivity index is 2.54. The third kappa shape index (κ3) is 4.12. The van der Waals surface area contributed by atoms with E-state index in [1.54, 1.807) is 0 Å². The molecule has 0 radical (unpaired) electrons. The van der Waals surface area contributed by atoms with Crippen LogP contribution >= 0.6 is 11.6 Å². The summed E-state index contributed by atoms with van der Waals surface area (Å²) in [6, 6.07) is 7.71. The van der Waals surface area contributed by atoms with Crippen LogP contribution in [0.25, 0.3) is 0 Å². The molecular formula is C16H16ClN3O5S. The minimum absolute atomic E-state index is 0.0119. The number of nitrogens with one attached hydrogen (secondary N) is 1. The van der Waals surface area contributed by atoms with Crippen LogP contribution in [0.5, 0.6) is 0 Å². The summed E-state index contributed by atoms with van der Waals surface area (Å²) in [6.07, 6.45) is 0. The number of hydrogen-bond donors (Lipinski definition) is 1. The SMILES string of the molecule is Cc1ccc([N+](=O)[O-])cc1S(=O)(=O)Nc1cc(Cl)ccc1C(=O)N(C)C. The summed E-state index contributed by atoms with van der Waals surface area (Å²) in [7, 11) is -1.13. The van der Waals surface area contributed by atoms with E-state index in [9.17, 15) is 23.3 Å². The molecule has 10 heteroatoms. The fourth-order valence-corrected chi connectivity index (χ4v) is 3.73. The van der Waals surface area contributed by atoms with Gasteiger partial charge in [-0.1, -0.05) is 17.7 Å². The van der Waals surface area contributed by atoms with E-state index >= 15 is 0 Å². The fraction of sp³-hybridized carbons (Fsp3) is 0.188. The first-order valence-electron chi connectivity index (χ1n) is 7.32. The number of aryl methyl sites for hydroxylation is 1. The lowest BCUT2D eigenvalue weighted by Crippen LogP contribution is -2.24. The number of carbonyl (C=O) groups is 1. The molecule has 0 saturated carbocycles. The average molecular weight is 398 g/mol. The first-order valence-corrected chi connectivity index (χ1v) is 9.18. The minimum atomic E-state index is -4.18. The first kappa shape index (κ1) is 19.7. The van der Waals surface area contributed by atoms with E-state index in [0.717, 1.165) is 6.07 Å². The number of halogens is 1. The average Bonchev–Trinajstić information content (AvgIpc) is 2.53. The number of nitro benzene ring substituents is 1. The van der Waals surface area contributed by atoms with Crippen molar-refractivity contribution in [2.45, 2.75) is 11.8 Å². The van der Waals surface area contributed by atoms with E-state index in [1.165, 1.54) is 56.3 Å². The lowest BCUT2D eigenvalue weighted by Gasteiger charge is -2.16. The van der Waals surface area contributed by atoms with Crippen molar-refractivity contribution in [1.82, 2.24) is 4.90 Å². The second kappa shape index (κ2) is 7.30. The van der Waals surface area contributed by atoms with Crippen LogP contribution in [0, 0.1) is 17.0 Å². The fourth-order valence-electron chi connectivity index (χ4n) is 2.22. The van der Waals surface area contributed by atoms with Gasteiger partial charge in [-0.15, -0.1) is 0 Å². The molecule has 1 amide bonds. The molecule has 0 saturated heterocycles. The molecular weight excluding hydrogens is 382 g/mol. The predicted octanol–water partition coefficient (Wildman–Crippen LogP) is 3.06. The highest BCUT2D eigenvalue weighted by Crippen LogP contribution is 2.27. The molecule has 26 heavy (non-hydrogen) atoms. The number of anilines is 1. The number of sulfonamides is 1. The van der Waals surface area contributed by atoms with Crippen LogP contribution in [0.2, 0.25) is 5.02 Å². The lowest BCUT2D eigenvalue weighted by molar-refractivity contribution is -0.385. The normalized spacial score (nSPS) is 11.1. The van der Waals surface area contributed by atoms with Gasteiger partial charge in [0.15, 0.2) is 0 Å². The molecule has 1 N–H and O–H groups in total. The maximum Gasteiger partial charge on any atom is 0.270 e. The highest BCUT2D eigenvalue weighted by molar-refractivity contribution is 7.92. The maximum atomic E-state index is 12.8. The van der Waals surface area contributed by atoms with Crippen LogP contribution in [0.3, 0.4) is 0 Å². The summed E-state index contributed by atoms with van der Waals surface area (Å²) in [5, 5.41) is 11.2. The van der Waals surface area contributed by atoms with Crippen LogP contribution in [0.4, 0.5) is 11.4 Å². The Kier molecular flexibility index (Phi) is 5.53. The number of hydrogen-bond acceptors (Lipinski definition) is 5. The van der Waals surface area contributed by atoms with Crippen molar-refractivity contribution in [1.29, 1.82) is 0 Å². The van der Waals surface area contributed by atoms with Crippen LogP contribution < -0.4 is 4.72 Å². The van der Waals surface area contributed by atoms with Gasteiger partial charge in [0.2, 0.25) is 0 Å². The third-order valence-corrected chi connectivity index (χ3v) is 5.28. The van der Waals surface area contributed by atoms with Crippen molar-refractivity contribution >= 4 is 38.9 Å². The molecule has 0 aromatic heterocycles. The number of nitrogens with zero attached hydrogens (tertiary/aromatic N) is 2. The molecule has 0 aliphatic carbocycles. The van der Waals surface area contributed by atoms with Gasteiger partial charge in [-0.25, -0.2) is 8.42 Å². The zero-order chi connectivity index (χ0) is 19.6. The highest BCUT2D eigenvalue weighted by Gasteiger charge is 2.23. The number of non-ortho nitro benzene ring substituents is 1. The Hall–Kier alpha value is -2.65. The number of benzene rings is 2. The first-order chi connectivity index (χ1) is 12.0.